The van der Waals surface area contributed by atoms with Gasteiger partial charge in [-0.25, -0.2) is 0 Å². The molecule has 1 aromatic carbocycles. The van der Waals surface area contributed by atoms with Gasteiger partial charge in [0.05, 0.1) is 28.9 Å². The molecule has 4 heteroatoms. The van der Waals surface area contributed by atoms with Gasteiger partial charge in [0.15, 0.2) is 0 Å². The summed E-state index contributed by atoms with van der Waals surface area (Å²) < 4.78 is 11.9. The minimum Gasteiger partial charge on any atom is -0.496 e. The first-order valence-corrected chi connectivity index (χ1v) is 14.0. The third kappa shape index (κ3) is 3.43. The van der Waals surface area contributed by atoms with Gasteiger partial charge in [-0.05, 0) is 41.4 Å². The minimum absolute atomic E-state index is 0.150. The quantitative estimate of drug-likeness (QED) is 0.486. The lowest BCUT2D eigenvalue weighted by Crippen LogP contribution is -2.52. The van der Waals surface area contributed by atoms with E-state index in [1.54, 1.807) is 14.2 Å². The van der Waals surface area contributed by atoms with Crippen molar-refractivity contribution in [3.05, 3.63) is 29.3 Å². The zero-order chi connectivity index (χ0) is 20.7. The molecule has 156 valence electrons. The smallest absolute Gasteiger partial charge is 0.126 e. The summed E-state index contributed by atoms with van der Waals surface area (Å²) in [7, 11) is 2.01. The molecule has 4 rings (SSSR count). The minimum atomic E-state index is -1.54. The first kappa shape index (κ1) is 21.4. The Kier molecular flexibility index (Phi) is 6.03. The van der Waals surface area contributed by atoms with E-state index in [9.17, 15) is 5.11 Å². The highest BCUT2D eigenvalue weighted by atomic mass is 28.3. The third-order valence-corrected chi connectivity index (χ3v) is 11.1. The van der Waals surface area contributed by atoms with Crippen molar-refractivity contribution in [1.29, 1.82) is 0 Å². The van der Waals surface area contributed by atoms with Crippen LogP contribution in [0.15, 0.2) is 23.8 Å². The largest absolute Gasteiger partial charge is 0.496 e. The highest BCUT2D eigenvalue weighted by Crippen LogP contribution is 2.64. The lowest BCUT2D eigenvalue weighted by atomic mass is 9.45. The number of fused-ring (bicyclic) bond motifs is 1. The van der Waals surface area contributed by atoms with Gasteiger partial charge in [0, 0.05) is 11.5 Å². The normalized spacial score (nSPS) is 25.7. The SMILES string of the molecule is CCCC[Si](C)(C)c1cc(OC)c(C2C=C(CO)[C@@H]3C[C@H]2C3(C)C)c(OC)c1. The molecule has 1 fully saturated rings. The van der Waals surface area contributed by atoms with Gasteiger partial charge in [-0.1, -0.05) is 64.0 Å². The Labute approximate surface area is 172 Å². The Morgan fingerprint density at radius 3 is 2.21 bits per heavy atom. The number of unbranched alkanes of at least 4 members (excludes halogenated alkanes) is 1. The van der Waals surface area contributed by atoms with Crippen LogP contribution in [0.25, 0.3) is 0 Å². The molecule has 1 N–H and O–H groups in total. The molecular weight excluding hydrogens is 364 g/mol. The molecule has 3 nitrogen and oxygen atoms in total. The number of rotatable bonds is 8. The number of hydrogen-bond donors (Lipinski definition) is 1. The number of hydrogen-bond acceptors (Lipinski definition) is 3. The average molecular weight is 403 g/mol. The Morgan fingerprint density at radius 2 is 1.75 bits per heavy atom. The molecular formula is C24H38O3Si. The van der Waals surface area contributed by atoms with Crippen LogP contribution in [0, 0.1) is 17.3 Å². The van der Waals surface area contributed by atoms with E-state index in [4.69, 9.17) is 9.47 Å². The topological polar surface area (TPSA) is 38.7 Å². The van der Waals surface area contributed by atoms with Crippen molar-refractivity contribution >= 4 is 13.3 Å². The molecule has 3 aliphatic rings. The molecule has 2 bridgehead atoms. The van der Waals surface area contributed by atoms with Crippen molar-refractivity contribution < 1.29 is 14.6 Å². The van der Waals surface area contributed by atoms with E-state index in [0.717, 1.165) is 23.5 Å². The van der Waals surface area contributed by atoms with Crippen molar-refractivity contribution in [2.24, 2.45) is 17.3 Å². The van der Waals surface area contributed by atoms with Crippen LogP contribution >= 0.6 is 0 Å². The highest BCUT2D eigenvalue weighted by Gasteiger charge is 2.56. The molecule has 0 aliphatic heterocycles. The van der Waals surface area contributed by atoms with E-state index < -0.39 is 8.07 Å². The zero-order valence-electron chi connectivity index (χ0n) is 18.8. The zero-order valence-corrected chi connectivity index (χ0v) is 19.8. The van der Waals surface area contributed by atoms with E-state index in [-0.39, 0.29) is 17.9 Å². The number of aliphatic hydroxyl groups excluding tert-OH is 1. The van der Waals surface area contributed by atoms with E-state index in [2.05, 4.69) is 52.1 Å². The summed E-state index contributed by atoms with van der Waals surface area (Å²) in [4.78, 5) is 0. The summed E-state index contributed by atoms with van der Waals surface area (Å²) in [5.74, 6) is 3.21. The lowest BCUT2D eigenvalue weighted by Gasteiger charge is -2.59. The molecule has 3 aliphatic carbocycles. The second-order valence-electron chi connectivity index (χ2n) is 9.92. The number of aliphatic hydroxyl groups is 1. The summed E-state index contributed by atoms with van der Waals surface area (Å²) in [5.41, 5.74) is 2.56. The van der Waals surface area contributed by atoms with Gasteiger partial charge in [-0.3, -0.25) is 0 Å². The van der Waals surface area contributed by atoms with Crippen molar-refractivity contribution in [2.45, 2.75) is 65.1 Å². The fourth-order valence-corrected chi connectivity index (χ4v) is 8.10. The van der Waals surface area contributed by atoms with Gasteiger partial charge in [-0.2, -0.15) is 0 Å². The summed E-state index contributed by atoms with van der Waals surface area (Å²) in [6.45, 7) is 12.0. The van der Waals surface area contributed by atoms with Crippen LogP contribution in [-0.2, 0) is 0 Å². The molecule has 0 heterocycles. The van der Waals surface area contributed by atoms with Crippen LogP contribution in [0.3, 0.4) is 0 Å². The summed E-state index contributed by atoms with van der Waals surface area (Å²) in [6, 6.07) is 5.85. The third-order valence-electron chi connectivity index (χ3n) is 7.61. The van der Waals surface area contributed by atoms with E-state index in [1.807, 2.05) is 0 Å². The molecule has 0 radical (unpaired) electrons. The molecule has 3 atom stereocenters. The second-order valence-corrected chi connectivity index (χ2v) is 14.8. The van der Waals surface area contributed by atoms with Gasteiger partial charge in [-0.15, -0.1) is 0 Å². The van der Waals surface area contributed by atoms with Gasteiger partial charge in [0.25, 0.3) is 0 Å². The van der Waals surface area contributed by atoms with Gasteiger partial charge < -0.3 is 14.6 Å². The van der Waals surface area contributed by atoms with Crippen molar-refractivity contribution in [2.75, 3.05) is 20.8 Å². The van der Waals surface area contributed by atoms with Crippen molar-refractivity contribution in [3.8, 4) is 11.5 Å². The number of allylic oxidation sites excluding steroid dienone is 1. The Hall–Kier alpha value is -1.26. The maximum atomic E-state index is 9.94. The van der Waals surface area contributed by atoms with E-state index in [0.29, 0.717) is 11.8 Å². The molecule has 0 amide bonds. The molecule has 0 saturated heterocycles. The Morgan fingerprint density at radius 1 is 1.14 bits per heavy atom. The van der Waals surface area contributed by atoms with Gasteiger partial charge in [0.2, 0.25) is 0 Å². The average Bonchev–Trinajstić information content (AvgIpc) is 2.70. The van der Waals surface area contributed by atoms with Crippen molar-refractivity contribution in [1.82, 2.24) is 0 Å². The first-order valence-electron chi connectivity index (χ1n) is 10.8. The summed E-state index contributed by atoms with van der Waals surface area (Å²) in [6.07, 6.45) is 5.95. The predicted molar refractivity (Wildman–Crippen MR) is 120 cm³/mol. The Bertz CT molecular complexity index is 725. The summed E-state index contributed by atoms with van der Waals surface area (Å²) in [5, 5.41) is 11.4. The van der Waals surface area contributed by atoms with Crippen molar-refractivity contribution in [3.63, 3.8) is 0 Å². The maximum absolute atomic E-state index is 9.94. The molecule has 1 unspecified atom stereocenters. The van der Waals surface area contributed by atoms with Crippen LogP contribution in [0.4, 0.5) is 0 Å². The standard InChI is InChI=1S/C24H38O3Si/c1-8-9-10-28(6,7)17-12-21(26-4)23(22(13-17)27-5)18-11-16(15-25)19-14-20(18)24(19,2)3/h11-13,18-20,25H,8-10,14-15H2,1-7H3/t18?,19-,20+/m0/s1. The molecule has 0 aromatic heterocycles. The van der Waals surface area contributed by atoms with Crippen LogP contribution in [0.2, 0.25) is 19.1 Å². The number of methoxy groups -OCH3 is 2. The molecule has 0 spiro atoms. The molecule has 28 heavy (non-hydrogen) atoms. The predicted octanol–water partition coefficient (Wildman–Crippen LogP) is 5.10. The molecule has 1 saturated carbocycles. The lowest BCUT2D eigenvalue weighted by molar-refractivity contribution is -0.0260. The monoisotopic (exact) mass is 402 g/mol. The Balaban J connectivity index is 2.09. The van der Waals surface area contributed by atoms with E-state index >= 15 is 0 Å². The fourth-order valence-electron chi connectivity index (χ4n) is 5.53. The highest BCUT2D eigenvalue weighted by molar-refractivity contribution is 6.89. The maximum Gasteiger partial charge on any atom is 0.126 e. The fraction of sp³-hybridized carbons (Fsp3) is 0.667. The molecule has 1 aromatic rings. The summed E-state index contributed by atoms with van der Waals surface area (Å²) >= 11 is 0. The first-order chi connectivity index (χ1) is 13.2. The van der Waals surface area contributed by atoms with Gasteiger partial charge in [0.1, 0.15) is 11.5 Å². The van der Waals surface area contributed by atoms with Crippen LogP contribution in [0.5, 0.6) is 11.5 Å². The van der Waals surface area contributed by atoms with Gasteiger partial charge >= 0.3 is 0 Å². The number of benzene rings is 1. The van der Waals surface area contributed by atoms with Crippen LogP contribution < -0.4 is 14.7 Å². The van der Waals surface area contributed by atoms with Crippen LogP contribution in [-0.4, -0.2) is 34.0 Å². The number of ether oxygens (including phenoxy) is 2. The second kappa shape index (κ2) is 7.87. The van der Waals surface area contributed by atoms with Crippen LogP contribution in [0.1, 0.15) is 51.5 Å². The van der Waals surface area contributed by atoms with E-state index in [1.165, 1.54) is 29.6 Å².